The van der Waals surface area contributed by atoms with Gasteiger partial charge in [-0.05, 0) is 12.1 Å². The Labute approximate surface area is 80.0 Å². The quantitative estimate of drug-likeness (QED) is 0.754. The summed E-state index contributed by atoms with van der Waals surface area (Å²) < 4.78 is 6.59. The van der Waals surface area contributed by atoms with Crippen LogP contribution in [-0.4, -0.2) is 21.9 Å². The van der Waals surface area contributed by atoms with Crippen molar-refractivity contribution in [3.05, 3.63) is 41.1 Å². The van der Waals surface area contributed by atoms with Crippen LogP contribution in [0.2, 0.25) is 0 Å². The highest BCUT2D eigenvalue weighted by Crippen LogP contribution is 2.14. The van der Waals surface area contributed by atoms with Crippen LogP contribution in [0.25, 0.3) is 5.69 Å². The Kier molecular flexibility index (Phi) is 2.06. The minimum atomic E-state index is -0.368. The van der Waals surface area contributed by atoms with Gasteiger partial charge in [0.05, 0.1) is 12.8 Å². The van der Waals surface area contributed by atoms with Gasteiger partial charge >= 0.3 is 5.69 Å². The van der Waals surface area contributed by atoms with Crippen LogP contribution < -0.4 is 10.4 Å². The maximum absolute atomic E-state index is 10.8. The van der Waals surface area contributed by atoms with Crippen molar-refractivity contribution in [1.29, 1.82) is 0 Å². The molecule has 0 amide bonds. The molecule has 0 fully saturated rings. The number of aromatic amines is 1. The Morgan fingerprint density at radius 2 is 2.36 bits per heavy atom. The monoisotopic (exact) mass is 191 g/mol. The maximum atomic E-state index is 10.8. The summed E-state index contributed by atoms with van der Waals surface area (Å²) in [5.74, 6) is 0.733. The van der Waals surface area contributed by atoms with E-state index in [4.69, 9.17) is 4.74 Å². The molecule has 2 rings (SSSR count). The van der Waals surface area contributed by atoms with E-state index in [9.17, 15) is 4.79 Å². The lowest BCUT2D eigenvalue weighted by Crippen LogP contribution is -2.04. The second-order valence-electron chi connectivity index (χ2n) is 2.73. The van der Waals surface area contributed by atoms with Gasteiger partial charge in [-0.3, -0.25) is 0 Å². The zero-order valence-electron chi connectivity index (χ0n) is 7.60. The summed E-state index contributed by atoms with van der Waals surface area (Å²) in [4.78, 5) is 14.4. The number of methoxy groups -OCH3 is 1. The summed E-state index contributed by atoms with van der Waals surface area (Å²) in [6.07, 6.45) is 1.43. The topological polar surface area (TPSA) is 59.9 Å². The summed E-state index contributed by atoms with van der Waals surface area (Å²) >= 11 is 0. The van der Waals surface area contributed by atoms with E-state index in [-0.39, 0.29) is 5.69 Å². The highest BCUT2D eigenvalue weighted by molar-refractivity contribution is 5.37. The molecule has 0 radical (unpaired) electrons. The van der Waals surface area contributed by atoms with Crippen LogP contribution in [0.4, 0.5) is 0 Å². The summed E-state index contributed by atoms with van der Waals surface area (Å²) in [5, 5.41) is 2.54. The molecular weight excluding hydrogens is 182 g/mol. The molecule has 0 saturated carbocycles. The van der Waals surface area contributed by atoms with E-state index in [2.05, 4.69) is 10.1 Å². The fourth-order valence-corrected chi connectivity index (χ4v) is 1.16. The first kappa shape index (κ1) is 8.55. The van der Waals surface area contributed by atoms with Gasteiger partial charge in [-0.25, -0.2) is 14.6 Å². The van der Waals surface area contributed by atoms with Crippen molar-refractivity contribution in [2.75, 3.05) is 7.11 Å². The number of ether oxygens (including phenoxy) is 1. The highest BCUT2D eigenvalue weighted by atomic mass is 16.5. The molecule has 0 atom stereocenters. The van der Waals surface area contributed by atoms with Gasteiger partial charge in [-0.15, -0.1) is 0 Å². The van der Waals surface area contributed by atoms with E-state index in [0.29, 0.717) is 0 Å². The number of nitrogens with one attached hydrogen (secondary N) is 1. The van der Waals surface area contributed by atoms with Crippen molar-refractivity contribution in [2.45, 2.75) is 0 Å². The third-order valence-corrected chi connectivity index (χ3v) is 1.84. The van der Waals surface area contributed by atoms with Crippen LogP contribution in [0.3, 0.4) is 0 Å². The molecule has 0 aliphatic heterocycles. The van der Waals surface area contributed by atoms with E-state index in [1.54, 1.807) is 13.2 Å². The first-order valence-electron chi connectivity index (χ1n) is 4.08. The van der Waals surface area contributed by atoms with Gasteiger partial charge in [0.15, 0.2) is 0 Å². The zero-order chi connectivity index (χ0) is 9.97. The van der Waals surface area contributed by atoms with E-state index in [1.807, 2.05) is 18.2 Å². The van der Waals surface area contributed by atoms with Crippen LogP contribution in [0.1, 0.15) is 0 Å². The van der Waals surface area contributed by atoms with E-state index >= 15 is 0 Å². The van der Waals surface area contributed by atoms with Gasteiger partial charge < -0.3 is 4.74 Å². The standard InChI is InChI=1S/C9H9N3O2/c1-14-8-4-2-3-7(5-8)12-6-10-9(13)11-12/h2-6H,1H3,(H,11,13). The fourth-order valence-electron chi connectivity index (χ4n) is 1.16. The fraction of sp³-hybridized carbons (Fsp3) is 0.111. The minimum Gasteiger partial charge on any atom is -0.497 e. The van der Waals surface area contributed by atoms with Crippen molar-refractivity contribution in [3.63, 3.8) is 0 Å². The van der Waals surface area contributed by atoms with Crippen LogP contribution >= 0.6 is 0 Å². The van der Waals surface area contributed by atoms with E-state index < -0.39 is 0 Å². The van der Waals surface area contributed by atoms with Gasteiger partial charge in [-0.2, -0.15) is 4.98 Å². The third-order valence-electron chi connectivity index (χ3n) is 1.84. The van der Waals surface area contributed by atoms with Crippen LogP contribution in [0, 0.1) is 0 Å². The van der Waals surface area contributed by atoms with Crippen molar-refractivity contribution in [2.24, 2.45) is 0 Å². The first-order chi connectivity index (χ1) is 6.79. The van der Waals surface area contributed by atoms with Gasteiger partial charge in [0, 0.05) is 6.07 Å². The van der Waals surface area contributed by atoms with Crippen molar-refractivity contribution in [1.82, 2.24) is 14.8 Å². The lowest BCUT2D eigenvalue weighted by molar-refractivity contribution is 0.414. The van der Waals surface area contributed by atoms with Crippen molar-refractivity contribution in [3.8, 4) is 11.4 Å². The normalized spacial score (nSPS) is 10.1. The summed E-state index contributed by atoms with van der Waals surface area (Å²) in [6.45, 7) is 0. The molecule has 1 aromatic heterocycles. The smallest absolute Gasteiger partial charge is 0.361 e. The van der Waals surface area contributed by atoms with Crippen LogP contribution in [0.15, 0.2) is 35.4 Å². The molecule has 2 aromatic rings. The molecule has 14 heavy (non-hydrogen) atoms. The Morgan fingerprint density at radius 1 is 1.50 bits per heavy atom. The van der Waals surface area contributed by atoms with Gasteiger partial charge in [0.25, 0.3) is 0 Å². The highest BCUT2D eigenvalue weighted by Gasteiger charge is 1.98. The largest absolute Gasteiger partial charge is 0.497 e. The number of rotatable bonds is 2. The Bertz CT molecular complexity index is 487. The van der Waals surface area contributed by atoms with Crippen LogP contribution in [0.5, 0.6) is 5.75 Å². The SMILES string of the molecule is COc1cccc(-n2cnc(=O)[nH]2)c1. The van der Waals surface area contributed by atoms with Gasteiger partial charge in [0.2, 0.25) is 0 Å². The summed E-state index contributed by atoms with van der Waals surface area (Å²) in [7, 11) is 1.59. The van der Waals surface area contributed by atoms with Crippen LogP contribution in [-0.2, 0) is 0 Å². The van der Waals surface area contributed by atoms with E-state index in [0.717, 1.165) is 11.4 Å². The summed E-state index contributed by atoms with van der Waals surface area (Å²) in [5.41, 5.74) is 0.437. The Hall–Kier alpha value is -2.04. The first-order valence-corrected chi connectivity index (χ1v) is 4.08. The molecule has 0 bridgehead atoms. The molecular formula is C9H9N3O2. The number of nitrogens with zero attached hydrogens (tertiary/aromatic N) is 2. The van der Waals surface area contributed by atoms with Crippen molar-refractivity contribution < 1.29 is 4.74 Å². The van der Waals surface area contributed by atoms with Gasteiger partial charge in [-0.1, -0.05) is 6.07 Å². The molecule has 0 unspecified atom stereocenters. The molecule has 1 N–H and O–H groups in total. The number of H-pyrrole nitrogens is 1. The number of hydrogen-bond acceptors (Lipinski definition) is 3. The number of aromatic nitrogens is 3. The summed E-state index contributed by atoms with van der Waals surface area (Å²) in [6, 6.07) is 7.32. The van der Waals surface area contributed by atoms with Gasteiger partial charge in [0.1, 0.15) is 12.1 Å². The van der Waals surface area contributed by atoms with E-state index in [1.165, 1.54) is 11.0 Å². The molecule has 0 aliphatic rings. The lowest BCUT2D eigenvalue weighted by atomic mass is 10.3. The molecule has 72 valence electrons. The third kappa shape index (κ3) is 1.52. The number of benzene rings is 1. The molecule has 0 aliphatic carbocycles. The zero-order valence-corrected chi connectivity index (χ0v) is 7.60. The molecule has 0 saturated heterocycles. The minimum absolute atomic E-state index is 0.368. The molecule has 1 aromatic carbocycles. The average Bonchev–Trinajstić information content (AvgIpc) is 2.65. The Balaban J connectivity index is 2.46. The Morgan fingerprint density at radius 3 is 3.00 bits per heavy atom. The second-order valence-corrected chi connectivity index (χ2v) is 2.73. The predicted molar refractivity (Wildman–Crippen MR) is 50.7 cm³/mol. The molecule has 1 heterocycles. The molecule has 0 spiro atoms. The predicted octanol–water partition coefficient (Wildman–Crippen LogP) is 0.569. The maximum Gasteiger partial charge on any atom is 0.361 e. The lowest BCUT2D eigenvalue weighted by Gasteiger charge is -2.03. The van der Waals surface area contributed by atoms with Crippen molar-refractivity contribution >= 4 is 0 Å². The number of hydrogen-bond donors (Lipinski definition) is 1. The molecule has 5 nitrogen and oxygen atoms in total. The second kappa shape index (κ2) is 3.37. The average molecular weight is 191 g/mol. The molecule has 5 heteroatoms.